The molecule has 0 amide bonds. The second-order valence-electron chi connectivity index (χ2n) is 9.31. The van der Waals surface area contributed by atoms with Crippen LogP contribution in [0.4, 0.5) is 4.39 Å². The maximum Gasteiger partial charge on any atom is 0.103 e. The normalized spacial score (nSPS) is 45.8. The van der Waals surface area contributed by atoms with Crippen molar-refractivity contribution in [1.82, 2.24) is 0 Å². The van der Waals surface area contributed by atoms with Crippen LogP contribution in [-0.2, 0) is 0 Å². The summed E-state index contributed by atoms with van der Waals surface area (Å²) in [6, 6.07) is 0. The molecule has 0 nitrogen and oxygen atoms in total. The van der Waals surface area contributed by atoms with E-state index >= 15 is 0 Å². The first-order valence-electron chi connectivity index (χ1n) is 10.8. The fourth-order valence-corrected chi connectivity index (χ4v) is 6.17. The first kappa shape index (κ1) is 17.7. The first-order valence-corrected chi connectivity index (χ1v) is 10.8. The van der Waals surface area contributed by atoms with E-state index in [0.29, 0.717) is 11.8 Å². The lowest BCUT2D eigenvalue weighted by atomic mass is 9.65. The minimum absolute atomic E-state index is 0.320. The van der Waals surface area contributed by atoms with Crippen molar-refractivity contribution in [3.8, 4) is 0 Å². The van der Waals surface area contributed by atoms with Gasteiger partial charge >= 0.3 is 0 Å². The highest BCUT2D eigenvalue weighted by atomic mass is 19.1. The van der Waals surface area contributed by atoms with Crippen molar-refractivity contribution in [2.75, 3.05) is 0 Å². The van der Waals surface area contributed by atoms with Crippen molar-refractivity contribution >= 4 is 0 Å². The molecule has 3 atom stereocenters. The van der Waals surface area contributed by atoms with Crippen LogP contribution in [0.3, 0.4) is 0 Å². The van der Waals surface area contributed by atoms with Crippen LogP contribution in [0.15, 0.2) is 0 Å². The van der Waals surface area contributed by atoms with Gasteiger partial charge in [-0.05, 0) is 93.3 Å². The molecule has 134 valence electrons. The Balaban J connectivity index is 1.41. The van der Waals surface area contributed by atoms with Gasteiger partial charge in [-0.1, -0.05) is 39.5 Å². The minimum Gasteiger partial charge on any atom is -0.247 e. The van der Waals surface area contributed by atoms with Crippen molar-refractivity contribution in [3.05, 3.63) is 0 Å². The summed E-state index contributed by atoms with van der Waals surface area (Å²) in [6.45, 7) is 4.44. The lowest BCUT2D eigenvalue weighted by Gasteiger charge is -2.41. The van der Waals surface area contributed by atoms with E-state index < -0.39 is 6.17 Å². The Bertz CT molecular complexity index is 336. The van der Waals surface area contributed by atoms with Gasteiger partial charge in [0, 0.05) is 0 Å². The maximum atomic E-state index is 14.0. The molecule has 0 aromatic heterocycles. The molecule has 0 bridgehead atoms. The monoisotopic (exact) mass is 322 g/mol. The zero-order valence-corrected chi connectivity index (χ0v) is 15.6. The van der Waals surface area contributed by atoms with Crippen LogP contribution in [0.2, 0.25) is 0 Å². The second-order valence-corrected chi connectivity index (χ2v) is 9.31. The third kappa shape index (κ3) is 4.51. The van der Waals surface area contributed by atoms with Gasteiger partial charge in [0.2, 0.25) is 0 Å². The molecule has 0 aromatic carbocycles. The molecule has 0 saturated heterocycles. The predicted molar refractivity (Wildman–Crippen MR) is 97.2 cm³/mol. The SMILES string of the molecule is CCCC1CCC(C2CCC(C3CCC(C)C(F)C3)CC2)CC1. The minimum atomic E-state index is -0.514. The van der Waals surface area contributed by atoms with E-state index in [1.54, 1.807) is 0 Å². The highest BCUT2D eigenvalue weighted by Gasteiger charge is 2.36. The molecule has 0 N–H and O–H groups in total. The van der Waals surface area contributed by atoms with Crippen LogP contribution in [0.25, 0.3) is 0 Å². The fourth-order valence-electron chi connectivity index (χ4n) is 6.17. The Morgan fingerprint density at radius 1 is 0.696 bits per heavy atom. The summed E-state index contributed by atoms with van der Waals surface area (Å²) in [5.74, 6) is 4.97. The first-order chi connectivity index (χ1) is 11.2. The summed E-state index contributed by atoms with van der Waals surface area (Å²) in [6.07, 6.45) is 17.4. The van der Waals surface area contributed by atoms with Crippen molar-refractivity contribution < 1.29 is 4.39 Å². The van der Waals surface area contributed by atoms with Crippen LogP contribution >= 0.6 is 0 Å². The van der Waals surface area contributed by atoms with Gasteiger partial charge in [-0.25, -0.2) is 4.39 Å². The summed E-state index contributed by atoms with van der Waals surface area (Å²) in [5.41, 5.74) is 0. The number of halogens is 1. The smallest absolute Gasteiger partial charge is 0.103 e. The summed E-state index contributed by atoms with van der Waals surface area (Å²) in [7, 11) is 0. The molecule has 0 spiro atoms. The van der Waals surface area contributed by atoms with E-state index in [0.717, 1.165) is 36.5 Å². The molecule has 3 aliphatic rings. The molecular weight excluding hydrogens is 283 g/mol. The van der Waals surface area contributed by atoms with E-state index in [4.69, 9.17) is 0 Å². The van der Waals surface area contributed by atoms with Crippen molar-refractivity contribution in [2.45, 2.75) is 103 Å². The van der Waals surface area contributed by atoms with Gasteiger partial charge < -0.3 is 0 Å². The quantitative estimate of drug-likeness (QED) is 0.514. The molecule has 3 saturated carbocycles. The third-order valence-electron chi connectivity index (χ3n) is 7.88. The number of alkyl halides is 1. The largest absolute Gasteiger partial charge is 0.247 e. The summed E-state index contributed by atoms with van der Waals surface area (Å²) < 4.78 is 14.0. The van der Waals surface area contributed by atoms with Crippen LogP contribution in [-0.4, -0.2) is 6.17 Å². The lowest BCUT2D eigenvalue weighted by molar-refractivity contribution is 0.0691. The Hall–Kier alpha value is -0.0700. The summed E-state index contributed by atoms with van der Waals surface area (Å²) >= 11 is 0. The number of rotatable bonds is 4. The van der Waals surface area contributed by atoms with E-state index in [9.17, 15) is 4.39 Å². The van der Waals surface area contributed by atoms with Crippen molar-refractivity contribution in [1.29, 1.82) is 0 Å². The predicted octanol–water partition coefficient (Wildman–Crippen LogP) is 7.17. The van der Waals surface area contributed by atoms with Gasteiger partial charge in [-0.3, -0.25) is 0 Å². The van der Waals surface area contributed by atoms with Gasteiger partial charge in [0.15, 0.2) is 0 Å². The lowest BCUT2D eigenvalue weighted by Crippen LogP contribution is -2.32. The van der Waals surface area contributed by atoms with Gasteiger partial charge in [-0.2, -0.15) is 0 Å². The molecule has 3 rings (SSSR count). The van der Waals surface area contributed by atoms with Gasteiger partial charge in [0.1, 0.15) is 6.17 Å². The molecule has 3 aliphatic carbocycles. The Morgan fingerprint density at radius 3 is 1.70 bits per heavy atom. The summed E-state index contributed by atoms with van der Waals surface area (Å²) in [5, 5.41) is 0. The Morgan fingerprint density at radius 2 is 1.17 bits per heavy atom. The summed E-state index contributed by atoms with van der Waals surface area (Å²) in [4.78, 5) is 0. The standard InChI is InChI=1S/C22H39F/c1-3-4-17-6-9-18(10-7-17)19-11-13-20(14-12-19)21-8-5-16(2)22(23)15-21/h16-22H,3-15H2,1-2H3. The topological polar surface area (TPSA) is 0 Å². The molecule has 1 heteroatoms. The molecule has 3 fully saturated rings. The van der Waals surface area contributed by atoms with E-state index in [2.05, 4.69) is 13.8 Å². The Labute approximate surface area is 144 Å². The van der Waals surface area contributed by atoms with E-state index in [1.807, 2.05) is 0 Å². The molecular formula is C22H39F. The van der Waals surface area contributed by atoms with Crippen LogP contribution in [0.5, 0.6) is 0 Å². The highest BCUT2D eigenvalue weighted by molar-refractivity contribution is 4.87. The van der Waals surface area contributed by atoms with E-state index in [1.165, 1.54) is 70.6 Å². The van der Waals surface area contributed by atoms with Crippen LogP contribution in [0.1, 0.15) is 97.3 Å². The molecule has 3 unspecified atom stereocenters. The molecule has 23 heavy (non-hydrogen) atoms. The zero-order chi connectivity index (χ0) is 16.2. The average molecular weight is 323 g/mol. The molecule has 0 aromatic rings. The maximum absolute atomic E-state index is 14.0. The third-order valence-corrected chi connectivity index (χ3v) is 7.88. The fraction of sp³-hybridized carbons (Fsp3) is 1.00. The molecule has 0 radical (unpaired) electrons. The van der Waals surface area contributed by atoms with Crippen LogP contribution < -0.4 is 0 Å². The van der Waals surface area contributed by atoms with Crippen molar-refractivity contribution in [2.24, 2.45) is 35.5 Å². The second kappa shape index (κ2) is 8.34. The zero-order valence-electron chi connectivity index (χ0n) is 15.6. The van der Waals surface area contributed by atoms with Gasteiger partial charge in [0.25, 0.3) is 0 Å². The molecule has 0 heterocycles. The average Bonchev–Trinajstić information content (AvgIpc) is 2.59. The van der Waals surface area contributed by atoms with Gasteiger partial charge in [0.05, 0.1) is 0 Å². The van der Waals surface area contributed by atoms with E-state index in [-0.39, 0.29) is 0 Å². The van der Waals surface area contributed by atoms with Crippen LogP contribution in [0, 0.1) is 35.5 Å². The van der Waals surface area contributed by atoms with Gasteiger partial charge in [-0.15, -0.1) is 0 Å². The Kier molecular flexibility index (Phi) is 6.44. The van der Waals surface area contributed by atoms with Crippen molar-refractivity contribution in [3.63, 3.8) is 0 Å². The number of hydrogen-bond acceptors (Lipinski definition) is 0. The number of hydrogen-bond donors (Lipinski definition) is 0. The highest BCUT2D eigenvalue weighted by Crippen LogP contribution is 2.46. The molecule has 0 aliphatic heterocycles.